The number of hydrogen-bond acceptors (Lipinski definition) is 4. The highest BCUT2D eigenvalue weighted by Gasteiger charge is 2.51. The van der Waals surface area contributed by atoms with Crippen LogP contribution in [0.3, 0.4) is 0 Å². The average Bonchev–Trinajstić information content (AvgIpc) is 2.98. The molecule has 1 aliphatic heterocycles. The summed E-state index contributed by atoms with van der Waals surface area (Å²) < 4.78 is 5.70. The Labute approximate surface area is 165 Å². The van der Waals surface area contributed by atoms with Crippen molar-refractivity contribution in [2.75, 3.05) is 19.7 Å². The van der Waals surface area contributed by atoms with Gasteiger partial charge in [-0.3, -0.25) is 9.69 Å². The van der Waals surface area contributed by atoms with Crippen LogP contribution in [0.4, 0.5) is 4.79 Å². The monoisotopic (exact) mass is 384 g/mol. The van der Waals surface area contributed by atoms with Gasteiger partial charge in [-0.1, -0.05) is 12.1 Å². The normalized spacial score (nSPS) is 34.6. The van der Waals surface area contributed by atoms with Crippen LogP contribution in [0.2, 0.25) is 0 Å². The number of nitrogens with one attached hydrogen (secondary N) is 1. The number of benzene rings is 1. The van der Waals surface area contributed by atoms with Gasteiger partial charge in [0.05, 0.1) is 13.1 Å². The van der Waals surface area contributed by atoms with Crippen LogP contribution in [-0.4, -0.2) is 47.7 Å². The van der Waals surface area contributed by atoms with Gasteiger partial charge in [-0.25, -0.2) is 4.79 Å². The Balaban J connectivity index is 1.19. The molecular formula is C22H28N2O4. The summed E-state index contributed by atoms with van der Waals surface area (Å²) >= 11 is 0. The second-order valence-electron chi connectivity index (χ2n) is 9.35. The van der Waals surface area contributed by atoms with E-state index in [9.17, 15) is 14.7 Å². The molecule has 6 nitrogen and oxygen atoms in total. The van der Waals surface area contributed by atoms with Crippen LogP contribution in [0.15, 0.2) is 24.3 Å². The van der Waals surface area contributed by atoms with Crippen LogP contribution in [0.25, 0.3) is 0 Å². The zero-order valence-electron chi connectivity index (χ0n) is 16.1. The lowest BCUT2D eigenvalue weighted by Crippen LogP contribution is -2.48. The summed E-state index contributed by atoms with van der Waals surface area (Å²) in [7, 11) is 0. The van der Waals surface area contributed by atoms with E-state index in [1.54, 1.807) is 0 Å². The summed E-state index contributed by atoms with van der Waals surface area (Å²) in [6, 6.07) is 7.94. The van der Waals surface area contributed by atoms with Gasteiger partial charge in [-0.2, -0.15) is 0 Å². The fourth-order valence-electron chi connectivity index (χ4n) is 6.46. The highest BCUT2D eigenvalue weighted by atomic mass is 16.5. The molecule has 6 rings (SSSR count). The molecule has 28 heavy (non-hydrogen) atoms. The number of aliphatic hydroxyl groups excluding tert-OH is 1. The van der Waals surface area contributed by atoms with E-state index in [0.29, 0.717) is 11.2 Å². The standard InChI is InChI=1S/C22H28N2O4/c25-18(12-24-20(26)11-23-21(24)27)13-28-19-3-1-17(2-4-19)22-8-14-5-15(9-22)7-16(6-14)10-22/h1-4,14-16,18,25H,5-13H2,(H,23,27). The lowest BCUT2D eigenvalue weighted by molar-refractivity contribution is -0.126. The van der Waals surface area contributed by atoms with Gasteiger partial charge in [0.25, 0.3) is 0 Å². The predicted octanol–water partition coefficient (Wildman–Crippen LogP) is 2.45. The molecule has 1 aromatic rings. The van der Waals surface area contributed by atoms with Crippen LogP contribution in [-0.2, 0) is 10.2 Å². The zero-order valence-corrected chi connectivity index (χ0v) is 16.1. The number of carbonyl (C=O) groups excluding carboxylic acids is 2. The topological polar surface area (TPSA) is 78.9 Å². The van der Waals surface area contributed by atoms with Crippen molar-refractivity contribution in [3.05, 3.63) is 29.8 Å². The molecule has 4 aliphatic carbocycles. The summed E-state index contributed by atoms with van der Waals surface area (Å²) in [6.45, 7) is 0.00198. The van der Waals surface area contributed by atoms with E-state index < -0.39 is 12.1 Å². The Morgan fingerprint density at radius 3 is 2.21 bits per heavy atom. The lowest BCUT2D eigenvalue weighted by atomic mass is 9.48. The smallest absolute Gasteiger partial charge is 0.324 e. The summed E-state index contributed by atoms with van der Waals surface area (Å²) in [6.07, 6.45) is 7.43. The van der Waals surface area contributed by atoms with Crippen molar-refractivity contribution in [3.8, 4) is 5.75 Å². The molecule has 1 unspecified atom stereocenters. The van der Waals surface area contributed by atoms with Gasteiger partial charge in [0.15, 0.2) is 0 Å². The van der Waals surface area contributed by atoms with Crippen LogP contribution in [0.5, 0.6) is 5.75 Å². The van der Waals surface area contributed by atoms with E-state index in [1.807, 2.05) is 12.1 Å². The molecular weight excluding hydrogens is 356 g/mol. The van der Waals surface area contributed by atoms with Crippen molar-refractivity contribution in [3.63, 3.8) is 0 Å². The molecule has 6 heteroatoms. The van der Waals surface area contributed by atoms with Crippen molar-refractivity contribution in [1.29, 1.82) is 0 Å². The number of urea groups is 1. The highest BCUT2D eigenvalue weighted by Crippen LogP contribution is 2.60. The molecule has 0 spiro atoms. The van der Waals surface area contributed by atoms with Gasteiger partial charge >= 0.3 is 6.03 Å². The van der Waals surface area contributed by atoms with E-state index in [2.05, 4.69) is 17.4 Å². The molecule has 1 atom stereocenters. The summed E-state index contributed by atoms with van der Waals surface area (Å²) in [5.41, 5.74) is 1.81. The number of amides is 3. The number of nitrogens with zero attached hydrogens (tertiary/aromatic N) is 1. The van der Waals surface area contributed by atoms with Crippen molar-refractivity contribution >= 4 is 11.9 Å². The van der Waals surface area contributed by atoms with Gasteiger partial charge < -0.3 is 15.2 Å². The van der Waals surface area contributed by atoms with Gasteiger partial charge in [-0.05, 0) is 79.4 Å². The number of ether oxygens (including phenoxy) is 1. The van der Waals surface area contributed by atoms with E-state index in [-0.39, 0.29) is 25.6 Å². The van der Waals surface area contributed by atoms with Crippen LogP contribution < -0.4 is 10.1 Å². The lowest BCUT2D eigenvalue weighted by Gasteiger charge is -2.57. The van der Waals surface area contributed by atoms with Gasteiger partial charge in [0.2, 0.25) is 5.91 Å². The largest absolute Gasteiger partial charge is 0.491 e. The van der Waals surface area contributed by atoms with Gasteiger partial charge in [0, 0.05) is 0 Å². The SMILES string of the molecule is O=C1CNC(=O)N1CC(O)COc1ccc(C23CC4CC(CC(C4)C2)C3)cc1. The molecule has 150 valence electrons. The summed E-state index contributed by atoms with van der Waals surface area (Å²) in [5.74, 6) is 3.15. The third-order valence-corrected chi connectivity index (χ3v) is 7.28. The maximum Gasteiger partial charge on any atom is 0.324 e. The van der Waals surface area contributed by atoms with Crippen molar-refractivity contribution in [1.82, 2.24) is 10.2 Å². The number of β-amino-alcohol motifs (C(OH)–C–C–N with tert-alkyl or cyclic N) is 1. The predicted molar refractivity (Wildman–Crippen MR) is 103 cm³/mol. The minimum atomic E-state index is -0.907. The molecule has 1 heterocycles. The van der Waals surface area contributed by atoms with E-state index in [1.165, 1.54) is 44.1 Å². The number of carbonyl (C=O) groups is 2. The fourth-order valence-corrected chi connectivity index (χ4v) is 6.46. The molecule has 3 amide bonds. The molecule has 0 radical (unpaired) electrons. The van der Waals surface area contributed by atoms with Crippen molar-refractivity contribution in [2.24, 2.45) is 17.8 Å². The van der Waals surface area contributed by atoms with Crippen molar-refractivity contribution < 1.29 is 19.4 Å². The summed E-state index contributed by atoms with van der Waals surface area (Å²) in [4.78, 5) is 24.2. The molecule has 5 fully saturated rings. The first-order valence-corrected chi connectivity index (χ1v) is 10.5. The fraction of sp³-hybridized carbons (Fsp3) is 0.636. The Morgan fingerprint density at radius 2 is 1.68 bits per heavy atom. The van der Waals surface area contributed by atoms with Crippen LogP contribution in [0.1, 0.15) is 44.1 Å². The van der Waals surface area contributed by atoms with Crippen LogP contribution in [0, 0.1) is 17.8 Å². The van der Waals surface area contributed by atoms with E-state index in [0.717, 1.165) is 22.7 Å². The Hall–Kier alpha value is -2.08. The molecule has 4 saturated carbocycles. The number of aliphatic hydroxyl groups is 1. The van der Waals surface area contributed by atoms with E-state index in [4.69, 9.17) is 4.74 Å². The molecule has 1 saturated heterocycles. The quantitative estimate of drug-likeness (QED) is 0.739. The van der Waals surface area contributed by atoms with E-state index >= 15 is 0 Å². The van der Waals surface area contributed by atoms with Crippen molar-refractivity contribution in [2.45, 2.75) is 50.0 Å². The minimum Gasteiger partial charge on any atom is -0.491 e. The third-order valence-electron chi connectivity index (χ3n) is 7.28. The Morgan fingerprint density at radius 1 is 1.07 bits per heavy atom. The number of imide groups is 1. The second kappa shape index (κ2) is 6.76. The molecule has 2 N–H and O–H groups in total. The van der Waals surface area contributed by atoms with Crippen LogP contribution >= 0.6 is 0 Å². The first kappa shape index (κ1) is 18.0. The first-order valence-electron chi connectivity index (χ1n) is 10.5. The zero-order chi connectivity index (χ0) is 19.3. The maximum absolute atomic E-state index is 11.6. The van der Waals surface area contributed by atoms with Gasteiger partial charge in [0.1, 0.15) is 18.5 Å². The van der Waals surface area contributed by atoms with Gasteiger partial charge in [-0.15, -0.1) is 0 Å². The molecule has 5 aliphatic rings. The molecule has 4 bridgehead atoms. The molecule has 1 aromatic carbocycles. The number of hydrogen-bond donors (Lipinski definition) is 2. The maximum atomic E-state index is 11.6. The third kappa shape index (κ3) is 3.17. The minimum absolute atomic E-state index is 0.00179. The number of rotatable bonds is 6. The Bertz CT molecular complexity index is 724. The second-order valence-corrected chi connectivity index (χ2v) is 9.35. The molecule has 0 aromatic heterocycles. The highest BCUT2D eigenvalue weighted by molar-refractivity contribution is 6.01. The summed E-state index contributed by atoms with van der Waals surface area (Å²) in [5, 5.41) is 12.6. The average molecular weight is 384 g/mol. The Kier molecular flexibility index (Phi) is 4.34. The first-order chi connectivity index (χ1) is 13.5.